The molecule has 2 nitrogen and oxygen atoms in total. The van der Waals surface area contributed by atoms with Crippen molar-refractivity contribution in [2.24, 2.45) is 0 Å². The lowest BCUT2D eigenvalue weighted by molar-refractivity contribution is 1.30. The molecule has 0 aliphatic rings. The molecule has 9 rings (SSSR count). The number of hydrogen-bond donors (Lipinski definition) is 0. The number of benzene rings is 5. The first-order chi connectivity index (χ1) is 16.9. The van der Waals surface area contributed by atoms with Gasteiger partial charge in [0.1, 0.15) is 0 Å². The fourth-order valence-corrected chi connectivity index (χ4v) is 6.42. The number of para-hydroxylation sites is 3. The monoisotopic (exact) mass is 430 g/mol. The Balaban J connectivity index is 1.52. The van der Waals surface area contributed by atoms with E-state index in [0.29, 0.717) is 0 Å². The van der Waals surface area contributed by atoms with Gasteiger partial charge < -0.3 is 8.80 Å². The van der Waals surface area contributed by atoms with Crippen LogP contribution in [0.5, 0.6) is 0 Å². The van der Waals surface area contributed by atoms with E-state index >= 15 is 0 Å². The normalized spacial score (nSPS) is 12.7. The van der Waals surface area contributed by atoms with Crippen LogP contribution in [0.2, 0.25) is 0 Å². The molecule has 34 heavy (non-hydrogen) atoms. The van der Waals surface area contributed by atoms with Gasteiger partial charge in [0.05, 0.1) is 27.6 Å². The second-order valence-corrected chi connectivity index (χ2v) is 9.42. The Bertz CT molecular complexity index is 2210. The number of aromatic nitrogens is 2. The molecule has 4 heterocycles. The fraction of sp³-hybridized carbons (Fsp3) is 0. The smallest absolute Gasteiger partial charge is 0.0620 e. The molecule has 0 radical (unpaired) electrons. The molecule has 9 aromatic rings. The first-order valence-electron chi connectivity index (χ1n) is 11.8. The maximum atomic E-state index is 2.47. The lowest BCUT2D eigenvalue weighted by Gasteiger charge is -2.01. The van der Waals surface area contributed by atoms with Gasteiger partial charge in [0, 0.05) is 49.5 Å². The van der Waals surface area contributed by atoms with Crippen LogP contribution < -0.4 is 0 Å². The predicted molar refractivity (Wildman–Crippen MR) is 144 cm³/mol. The highest BCUT2D eigenvalue weighted by atomic mass is 14.9. The van der Waals surface area contributed by atoms with Crippen molar-refractivity contribution in [1.29, 1.82) is 0 Å². The van der Waals surface area contributed by atoms with Crippen molar-refractivity contribution in [2.45, 2.75) is 0 Å². The van der Waals surface area contributed by atoms with E-state index in [2.05, 4.69) is 118 Å². The zero-order valence-electron chi connectivity index (χ0n) is 18.3. The first-order valence-corrected chi connectivity index (χ1v) is 11.8. The molecule has 0 N–H and O–H groups in total. The second kappa shape index (κ2) is 5.67. The number of fused-ring (bicyclic) bond motifs is 9. The van der Waals surface area contributed by atoms with Gasteiger partial charge >= 0.3 is 0 Å². The molecule has 4 aromatic heterocycles. The molecule has 0 atom stereocenters. The number of rotatable bonds is 1. The van der Waals surface area contributed by atoms with Crippen molar-refractivity contribution < 1.29 is 0 Å². The second-order valence-electron chi connectivity index (χ2n) is 9.42. The standard InChI is InChI=1S/C32H18N2/c1-2-8-19(9-3-1)27-18-33-29-17-30-26(16-25(29)22-12-7-14-24(27)31(22)33)23-13-6-11-21-20-10-4-5-15-28(20)34(30)32(21)23/h1-18H. The molecule has 0 aliphatic carbocycles. The Morgan fingerprint density at radius 3 is 1.91 bits per heavy atom. The fourth-order valence-electron chi connectivity index (χ4n) is 6.42. The molecule has 0 unspecified atom stereocenters. The minimum Gasteiger partial charge on any atom is -0.315 e. The Kier molecular flexibility index (Phi) is 2.83. The van der Waals surface area contributed by atoms with Crippen molar-refractivity contribution in [3.05, 3.63) is 109 Å². The van der Waals surface area contributed by atoms with Crippen LogP contribution in [0.25, 0.3) is 76.4 Å². The Morgan fingerprint density at radius 1 is 0.412 bits per heavy atom. The molecule has 0 aliphatic heterocycles. The first kappa shape index (κ1) is 17.0. The van der Waals surface area contributed by atoms with Crippen LogP contribution in [-0.4, -0.2) is 8.80 Å². The van der Waals surface area contributed by atoms with Gasteiger partial charge in [0.25, 0.3) is 0 Å². The van der Waals surface area contributed by atoms with Crippen LogP contribution in [0, 0.1) is 0 Å². The van der Waals surface area contributed by atoms with E-state index in [4.69, 9.17) is 0 Å². The van der Waals surface area contributed by atoms with E-state index in [1.807, 2.05) is 0 Å². The summed E-state index contributed by atoms with van der Waals surface area (Å²) < 4.78 is 4.88. The molecule has 0 bridgehead atoms. The number of nitrogens with zero attached hydrogens (tertiary/aromatic N) is 2. The summed E-state index contributed by atoms with van der Waals surface area (Å²) in [6, 6.07) is 37.8. The Labute approximate surface area is 194 Å². The van der Waals surface area contributed by atoms with Crippen LogP contribution in [-0.2, 0) is 0 Å². The van der Waals surface area contributed by atoms with E-state index in [9.17, 15) is 0 Å². The van der Waals surface area contributed by atoms with Crippen LogP contribution in [0.1, 0.15) is 0 Å². The maximum absolute atomic E-state index is 2.47. The molecule has 156 valence electrons. The van der Waals surface area contributed by atoms with Gasteiger partial charge in [-0.2, -0.15) is 0 Å². The summed E-state index contributed by atoms with van der Waals surface area (Å²) >= 11 is 0. The summed E-state index contributed by atoms with van der Waals surface area (Å²) in [5.74, 6) is 0. The summed E-state index contributed by atoms with van der Waals surface area (Å²) in [5.41, 5.74) is 9.03. The minimum absolute atomic E-state index is 1.26. The zero-order chi connectivity index (χ0) is 22.0. The van der Waals surface area contributed by atoms with Crippen molar-refractivity contribution in [3.8, 4) is 11.1 Å². The topological polar surface area (TPSA) is 8.82 Å². The van der Waals surface area contributed by atoms with E-state index in [1.165, 1.54) is 76.4 Å². The van der Waals surface area contributed by atoms with Gasteiger partial charge in [-0.15, -0.1) is 0 Å². The third kappa shape index (κ3) is 1.83. The van der Waals surface area contributed by atoms with E-state index in [1.54, 1.807) is 0 Å². The van der Waals surface area contributed by atoms with Crippen LogP contribution >= 0.6 is 0 Å². The van der Waals surface area contributed by atoms with Gasteiger partial charge in [0.15, 0.2) is 0 Å². The maximum Gasteiger partial charge on any atom is 0.0620 e. The summed E-state index contributed by atoms with van der Waals surface area (Å²) in [7, 11) is 0. The van der Waals surface area contributed by atoms with E-state index < -0.39 is 0 Å². The highest BCUT2D eigenvalue weighted by Gasteiger charge is 2.21. The van der Waals surface area contributed by atoms with Crippen molar-refractivity contribution in [1.82, 2.24) is 8.80 Å². The summed E-state index contributed by atoms with van der Waals surface area (Å²) in [4.78, 5) is 0. The highest BCUT2D eigenvalue weighted by Crippen LogP contribution is 2.44. The van der Waals surface area contributed by atoms with Gasteiger partial charge in [0.2, 0.25) is 0 Å². The van der Waals surface area contributed by atoms with Crippen LogP contribution in [0.15, 0.2) is 109 Å². The summed E-state index contributed by atoms with van der Waals surface area (Å²) in [6.07, 6.45) is 2.33. The predicted octanol–water partition coefficient (Wildman–Crippen LogP) is 8.50. The summed E-state index contributed by atoms with van der Waals surface area (Å²) in [5, 5.41) is 9.28. The molecular weight excluding hydrogens is 412 g/mol. The molecule has 5 aromatic carbocycles. The van der Waals surface area contributed by atoms with E-state index in [0.717, 1.165) is 0 Å². The lowest BCUT2D eigenvalue weighted by Crippen LogP contribution is -1.82. The van der Waals surface area contributed by atoms with Gasteiger partial charge in [-0.3, -0.25) is 0 Å². The van der Waals surface area contributed by atoms with Crippen molar-refractivity contribution in [2.75, 3.05) is 0 Å². The van der Waals surface area contributed by atoms with E-state index in [-0.39, 0.29) is 0 Å². The van der Waals surface area contributed by atoms with Crippen LogP contribution in [0.4, 0.5) is 0 Å². The average Bonchev–Trinajstić information content (AvgIpc) is 3.62. The molecule has 0 fully saturated rings. The van der Waals surface area contributed by atoms with Gasteiger partial charge in [-0.05, 0) is 23.8 Å². The SMILES string of the molecule is c1ccc(-c2cn3c4cc5c(cc4c4cccc2c43)c2cccc3c4ccccc4n5c32)cc1. The van der Waals surface area contributed by atoms with Crippen molar-refractivity contribution in [3.63, 3.8) is 0 Å². The zero-order valence-corrected chi connectivity index (χ0v) is 18.3. The molecule has 0 saturated heterocycles. The van der Waals surface area contributed by atoms with Gasteiger partial charge in [-0.1, -0.05) is 84.9 Å². The summed E-state index contributed by atoms with van der Waals surface area (Å²) in [6.45, 7) is 0. The molecule has 0 spiro atoms. The average molecular weight is 431 g/mol. The Hall–Kier alpha value is -4.56. The molecule has 0 amide bonds. The third-order valence-electron chi connectivity index (χ3n) is 7.80. The third-order valence-corrected chi connectivity index (χ3v) is 7.80. The highest BCUT2D eigenvalue weighted by molar-refractivity contribution is 6.27. The quantitative estimate of drug-likeness (QED) is 0.247. The minimum atomic E-state index is 1.26. The lowest BCUT2D eigenvalue weighted by atomic mass is 10.0. The number of hydrogen-bond acceptors (Lipinski definition) is 0. The molecular formula is C32H18N2. The largest absolute Gasteiger partial charge is 0.315 e. The van der Waals surface area contributed by atoms with Crippen molar-refractivity contribution >= 4 is 65.3 Å². The Morgan fingerprint density at radius 2 is 1.06 bits per heavy atom. The van der Waals surface area contributed by atoms with Crippen LogP contribution in [0.3, 0.4) is 0 Å². The molecule has 0 saturated carbocycles. The molecule has 2 heteroatoms. The van der Waals surface area contributed by atoms with Gasteiger partial charge in [-0.25, -0.2) is 0 Å².